The first-order chi connectivity index (χ1) is 9.47. The molecule has 0 aromatic rings. The third-order valence-electron chi connectivity index (χ3n) is 5.64. The predicted octanol–water partition coefficient (Wildman–Crippen LogP) is 6.68. The number of hydrogen-bond donors (Lipinski definition) is 0. The van der Waals surface area contributed by atoms with E-state index in [1.54, 1.807) is 0 Å². The third-order valence-corrected chi connectivity index (χ3v) is 9.98. The van der Waals surface area contributed by atoms with Gasteiger partial charge >= 0.3 is 0 Å². The molecule has 0 aliphatic heterocycles. The Morgan fingerprint density at radius 3 is 2.48 bits per heavy atom. The molecular formula is C19H36OSi. The van der Waals surface area contributed by atoms with E-state index in [0.717, 1.165) is 6.42 Å². The highest BCUT2D eigenvalue weighted by Crippen LogP contribution is 2.45. The van der Waals surface area contributed by atoms with Gasteiger partial charge in [0.25, 0.3) is 0 Å². The predicted molar refractivity (Wildman–Crippen MR) is 96.9 cm³/mol. The van der Waals surface area contributed by atoms with Crippen LogP contribution in [0.4, 0.5) is 0 Å². The second-order valence-corrected chi connectivity index (χ2v) is 13.6. The van der Waals surface area contributed by atoms with Gasteiger partial charge in [0.05, 0.1) is 6.26 Å². The molecule has 1 aliphatic carbocycles. The van der Waals surface area contributed by atoms with Crippen molar-refractivity contribution in [3.63, 3.8) is 0 Å². The fourth-order valence-corrected chi connectivity index (χ4v) is 3.78. The monoisotopic (exact) mass is 308 g/mol. The second-order valence-electron chi connectivity index (χ2n) is 8.88. The van der Waals surface area contributed by atoms with Crippen molar-refractivity contribution < 1.29 is 4.43 Å². The fourth-order valence-electron chi connectivity index (χ4n) is 2.99. The maximum absolute atomic E-state index is 6.10. The van der Waals surface area contributed by atoms with Crippen molar-refractivity contribution in [2.45, 2.75) is 84.9 Å². The molecule has 0 heterocycles. The van der Waals surface area contributed by atoms with E-state index >= 15 is 0 Å². The Hall–Kier alpha value is -0.503. The Kier molecular flexibility index (Phi) is 5.94. The number of rotatable bonds is 5. The quantitative estimate of drug-likeness (QED) is 0.312. The summed E-state index contributed by atoms with van der Waals surface area (Å²) in [7, 11) is -1.64. The minimum Gasteiger partial charge on any atom is -0.549 e. The van der Waals surface area contributed by atoms with E-state index in [2.05, 4.69) is 60.4 Å². The van der Waals surface area contributed by atoms with Crippen molar-refractivity contribution in [2.24, 2.45) is 11.3 Å². The standard InChI is InChI=1S/C19H36OSi/c1-16-12-11-14-19(5,6)17(16)13-9-10-15-20-21(7,8)18(2,3)4/h10,15,17H,1,9,11-14H2,2-8H3/b15-10+. The van der Waals surface area contributed by atoms with Gasteiger partial charge in [-0.2, -0.15) is 0 Å². The van der Waals surface area contributed by atoms with Gasteiger partial charge in [-0.1, -0.05) is 52.8 Å². The van der Waals surface area contributed by atoms with Crippen molar-refractivity contribution >= 4 is 8.32 Å². The lowest BCUT2D eigenvalue weighted by atomic mass is 9.65. The van der Waals surface area contributed by atoms with Crippen molar-refractivity contribution in [2.75, 3.05) is 0 Å². The van der Waals surface area contributed by atoms with Gasteiger partial charge in [0.2, 0.25) is 8.32 Å². The van der Waals surface area contributed by atoms with Gasteiger partial charge in [0.15, 0.2) is 0 Å². The van der Waals surface area contributed by atoms with Gasteiger partial charge in [-0.05, 0) is 61.6 Å². The van der Waals surface area contributed by atoms with Crippen LogP contribution in [0.15, 0.2) is 24.5 Å². The lowest BCUT2D eigenvalue weighted by molar-refractivity contribution is 0.181. The van der Waals surface area contributed by atoms with Crippen LogP contribution < -0.4 is 0 Å². The highest BCUT2D eigenvalue weighted by molar-refractivity contribution is 6.74. The van der Waals surface area contributed by atoms with Gasteiger partial charge < -0.3 is 4.43 Å². The summed E-state index contributed by atoms with van der Waals surface area (Å²) in [5.41, 5.74) is 1.88. The van der Waals surface area contributed by atoms with Crippen LogP contribution in [0.5, 0.6) is 0 Å². The van der Waals surface area contributed by atoms with E-state index in [0.29, 0.717) is 11.3 Å². The van der Waals surface area contributed by atoms with E-state index in [4.69, 9.17) is 4.43 Å². The molecule has 0 N–H and O–H groups in total. The molecule has 0 spiro atoms. The molecule has 0 saturated heterocycles. The molecule has 1 rings (SSSR count). The smallest absolute Gasteiger partial charge is 0.249 e. The molecule has 21 heavy (non-hydrogen) atoms. The summed E-state index contributed by atoms with van der Waals surface area (Å²) in [5.74, 6) is 0.670. The highest BCUT2D eigenvalue weighted by atomic mass is 28.4. The molecule has 1 aliphatic rings. The maximum atomic E-state index is 6.10. The zero-order valence-corrected chi connectivity index (χ0v) is 16.4. The Bertz CT molecular complexity index is 385. The lowest BCUT2D eigenvalue weighted by Gasteiger charge is -2.40. The second kappa shape index (κ2) is 6.72. The van der Waals surface area contributed by atoms with Crippen LogP contribution in [0.2, 0.25) is 18.1 Å². The largest absolute Gasteiger partial charge is 0.549 e. The summed E-state index contributed by atoms with van der Waals surface area (Å²) in [6.45, 7) is 20.5. The van der Waals surface area contributed by atoms with Crippen LogP contribution in [0.25, 0.3) is 0 Å². The molecule has 1 fully saturated rings. The van der Waals surface area contributed by atoms with Gasteiger partial charge in [0.1, 0.15) is 0 Å². The van der Waals surface area contributed by atoms with Crippen molar-refractivity contribution in [1.29, 1.82) is 0 Å². The SMILES string of the molecule is C=C1CCCC(C)(C)C1CC/C=C/O[Si](C)(C)C(C)(C)C. The fraction of sp³-hybridized carbons (Fsp3) is 0.789. The summed E-state index contributed by atoms with van der Waals surface area (Å²) in [5, 5.41) is 0.275. The normalized spacial score (nSPS) is 23.6. The molecule has 1 nitrogen and oxygen atoms in total. The Morgan fingerprint density at radius 1 is 1.33 bits per heavy atom. The lowest BCUT2D eigenvalue weighted by Crippen LogP contribution is -2.39. The molecule has 1 saturated carbocycles. The summed E-state index contributed by atoms with van der Waals surface area (Å²) in [4.78, 5) is 0. The van der Waals surface area contributed by atoms with Crippen molar-refractivity contribution in [3.05, 3.63) is 24.5 Å². The maximum Gasteiger partial charge on any atom is 0.249 e. The summed E-state index contributed by atoms with van der Waals surface area (Å²) in [6.07, 6.45) is 10.4. The van der Waals surface area contributed by atoms with Crippen molar-refractivity contribution in [1.82, 2.24) is 0 Å². The van der Waals surface area contributed by atoms with Crippen LogP contribution in [0.3, 0.4) is 0 Å². The Labute approximate surface area is 134 Å². The molecule has 1 unspecified atom stereocenters. The molecule has 0 aromatic heterocycles. The average Bonchev–Trinajstić information content (AvgIpc) is 2.30. The zero-order chi connectivity index (χ0) is 16.3. The molecule has 122 valence electrons. The van der Waals surface area contributed by atoms with Crippen LogP contribution >= 0.6 is 0 Å². The molecule has 0 radical (unpaired) electrons. The molecule has 0 aromatic carbocycles. The summed E-state index contributed by atoms with van der Waals surface area (Å²) < 4.78 is 6.10. The van der Waals surface area contributed by atoms with E-state index in [1.807, 2.05) is 6.26 Å². The van der Waals surface area contributed by atoms with Crippen LogP contribution in [0, 0.1) is 11.3 Å². The number of allylic oxidation sites excluding steroid dienone is 2. The van der Waals surface area contributed by atoms with Gasteiger partial charge in [-0.15, -0.1) is 0 Å². The highest BCUT2D eigenvalue weighted by Gasteiger charge is 2.38. The van der Waals surface area contributed by atoms with E-state index in [-0.39, 0.29) is 5.04 Å². The average molecular weight is 309 g/mol. The zero-order valence-electron chi connectivity index (χ0n) is 15.4. The van der Waals surface area contributed by atoms with Crippen LogP contribution in [0.1, 0.15) is 66.7 Å². The first-order valence-electron chi connectivity index (χ1n) is 8.48. The first-order valence-corrected chi connectivity index (χ1v) is 11.4. The van der Waals surface area contributed by atoms with Gasteiger partial charge in [0, 0.05) is 0 Å². The number of hydrogen-bond acceptors (Lipinski definition) is 1. The van der Waals surface area contributed by atoms with E-state index in [1.165, 1.54) is 31.3 Å². The first kappa shape index (κ1) is 18.5. The van der Waals surface area contributed by atoms with Crippen LogP contribution in [-0.4, -0.2) is 8.32 Å². The van der Waals surface area contributed by atoms with Crippen molar-refractivity contribution in [3.8, 4) is 0 Å². The van der Waals surface area contributed by atoms with Gasteiger partial charge in [-0.25, -0.2) is 0 Å². The summed E-state index contributed by atoms with van der Waals surface area (Å²) >= 11 is 0. The molecule has 1 atom stereocenters. The van der Waals surface area contributed by atoms with Gasteiger partial charge in [-0.3, -0.25) is 0 Å². The molecular weight excluding hydrogens is 272 g/mol. The minimum atomic E-state index is -1.64. The molecule has 0 bridgehead atoms. The van der Waals surface area contributed by atoms with E-state index < -0.39 is 8.32 Å². The summed E-state index contributed by atoms with van der Waals surface area (Å²) in [6, 6.07) is 0. The minimum absolute atomic E-state index is 0.275. The molecule has 2 heteroatoms. The topological polar surface area (TPSA) is 9.23 Å². The Balaban J connectivity index is 2.46. The third kappa shape index (κ3) is 5.02. The van der Waals surface area contributed by atoms with E-state index in [9.17, 15) is 0 Å². The van der Waals surface area contributed by atoms with Crippen LogP contribution in [-0.2, 0) is 4.43 Å². The molecule has 0 amide bonds. The Morgan fingerprint density at radius 2 is 1.95 bits per heavy atom.